The Balaban J connectivity index is 1.99. The van der Waals surface area contributed by atoms with Gasteiger partial charge in [0.25, 0.3) is 5.56 Å². The largest absolute Gasteiger partial charge is 0.396 e. The zero-order valence-corrected chi connectivity index (χ0v) is 15.3. The molecule has 1 aliphatic rings. The van der Waals surface area contributed by atoms with E-state index in [0.717, 1.165) is 0 Å². The van der Waals surface area contributed by atoms with Crippen LogP contribution in [0.5, 0.6) is 0 Å². The highest BCUT2D eigenvalue weighted by molar-refractivity contribution is 6.30. The standard InChI is InChI=1S/C19H20ClF3N2O2/c20-14-5-7-16(8-6-14)25-17(27)11-15(9-10-26)24-18(25)12-1-3-13(4-2-12)19(21,22)23/h5-8,11-13,26H,1-4,9-10H2. The summed E-state index contributed by atoms with van der Waals surface area (Å²) in [5, 5.41) is 9.68. The molecule has 0 bridgehead atoms. The van der Waals surface area contributed by atoms with Crippen molar-refractivity contribution in [3.8, 4) is 5.69 Å². The second kappa shape index (κ2) is 8.02. The predicted octanol–water partition coefficient (Wildman–Crippen LogP) is 4.26. The van der Waals surface area contributed by atoms with Crippen LogP contribution < -0.4 is 5.56 Å². The van der Waals surface area contributed by atoms with Crippen LogP contribution in [-0.4, -0.2) is 27.4 Å². The minimum atomic E-state index is -4.19. The maximum Gasteiger partial charge on any atom is 0.391 e. The number of alkyl halides is 3. The molecule has 0 radical (unpaired) electrons. The van der Waals surface area contributed by atoms with Crippen LogP contribution in [0.1, 0.15) is 43.1 Å². The molecule has 1 saturated carbocycles. The van der Waals surface area contributed by atoms with E-state index in [0.29, 0.717) is 35.1 Å². The summed E-state index contributed by atoms with van der Waals surface area (Å²) in [6.07, 6.45) is -3.29. The van der Waals surface area contributed by atoms with Crippen molar-refractivity contribution >= 4 is 11.6 Å². The molecule has 0 amide bonds. The van der Waals surface area contributed by atoms with E-state index < -0.39 is 12.1 Å². The summed E-state index contributed by atoms with van der Waals surface area (Å²) in [7, 11) is 0. The number of hydrogen-bond acceptors (Lipinski definition) is 3. The highest BCUT2D eigenvalue weighted by atomic mass is 35.5. The molecule has 2 aromatic rings. The van der Waals surface area contributed by atoms with E-state index in [-0.39, 0.29) is 37.3 Å². The average Bonchev–Trinajstić information content (AvgIpc) is 2.62. The molecule has 1 heterocycles. The Bertz CT molecular complexity index is 842. The van der Waals surface area contributed by atoms with Crippen LogP contribution in [0, 0.1) is 5.92 Å². The molecular weight excluding hydrogens is 381 g/mol. The smallest absolute Gasteiger partial charge is 0.391 e. The van der Waals surface area contributed by atoms with E-state index in [1.807, 2.05) is 0 Å². The van der Waals surface area contributed by atoms with Crippen molar-refractivity contribution in [2.45, 2.75) is 44.2 Å². The van der Waals surface area contributed by atoms with Crippen LogP contribution in [0.15, 0.2) is 35.1 Å². The summed E-state index contributed by atoms with van der Waals surface area (Å²) in [5.74, 6) is -1.09. The van der Waals surface area contributed by atoms with Crippen molar-refractivity contribution in [2.24, 2.45) is 5.92 Å². The second-order valence-electron chi connectivity index (χ2n) is 6.82. The zero-order chi connectivity index (χ0) is 19.6. The topological polar surface area (TPSA) is 55.1 Å². The maximum absolute atomic E-state index is 13.0. The quantitative estimate of drug-likeness (QED) is 0.834. The Morgan fingerprint density at radius 1 is 1.15 bits per heavy atom. The first kappa shape index (κ1) is 19.9. The number of nitrogens with zero attached hydrogens (tertiary/aromatic N) is 2. The minimum absolute atomic E-state index is 0.0227. The van der Waals surface area contributed by atoms with Gasteiger partial charge in [0.2, 0.25) is 0 Å². The fraction of sp³-hybridized carbons (Fsp3) is 0.474. The summed E-state index contributed by atoms with van der Waals surface area (Å²) in [6.45, 7) is -0.155. The van der Waals surface area contributed by atoms with Gasteiger partial charge in [-0.1, -0.05) is 11.6 Å². The summed E-state index contributed by atoms with van der Waals surface area (Å²) in [6, 6.07) is 8.02. The van der Waals surface area contributed by atoms with Crippen LogP contribution in [-0.2, 0) is 6.42 Å². The van der Waals surface area contributed by atoms with Crippen LogP contribution in [0.25, 0.3) is 5.69 Å². The molecule has 0 spiro atoms. The summed E-state index contributed by atoms with van der Waals surface area (Å²) in [4.78, 5) is 17.2. The molecule has 27 heavy (non-hydrogen) atoms. The minimum Gasteiger partial charge on any atom is -0.396 e. The van der Waals surface area contributed by atoms with E-state index >= 15 is 0 Å². The van der Waals surface area contributed by atoms with Crippen molar-refractivity contribution in [3.05, 3.63) is 57.2 Å². The lowest BCUT2D eigenvalue weighted by Crippen LogP contribution is -2.31. The van der Waals surface area contributed by atoms with Crippen LogP contribution >= 0.6 is 11.6 Å². The van der Waals surface area contributed by atoms with Crippen LogP contribution in [0.2, 0.25) is 5.02 Å². The SMILES string of the molecule is O=c1cc(CCO)nc(C2CCC(C(F)(F)F)CC2)n1-c1ccc(Cl)cc1. The number of aliphatic hydroxyl groups is 1. The molecule has 8 heteroatoms. The molecule has 146 valence electrons. The molecule has 1 N–H and O–H groups in total. The second-order valence-corrected chi connectivity index (χ2v) is 7.26. The van der Waals surface area contributed by atoms with Gasteiger partial charge in [0.05, 0.1) is 17.3 Å². The van der Waals surface area contributed by atoms with Gasteiger partial charge in [-0.3, -0.25) is 9.36 Å². The van der Waals surface area contributed by atoms with Crippen molar-refractivity contribution in [3.63, 3.8) is 0 Å². The van der Waals surface area contributed by atoms with Crippen molar-refractivity contribution in [2.75, 3.05) is 6.61 Å². The molecule has 1 fully saturated rings. The molecule has 0 unspecified atom stereocenters. The fourth-order valence-corrected chi connectivity index (χ4v) is 3.72. The molecule has 1 aromatic heterocycles. The first-order valence-electron chi connectivity index (χ1n) is 8.86. The lowest BCUT2D eigenvalue weighted by Gasteiger charge is -2.30. The third-order valence-corrected chi connectivity index (χ3v) is 5.26. The van der Waals surface area contributed by atoms with Gasteiger partial charge in [-0.25, -0.2) is 4.98 Å². The van der Waals surface area contributed by atoms with Crippen molar-refractivity contribution < 1.29 is 18.3 Å². The molecule has 1 aliphatic carbocycles. The third-order valence-electron chi connectivity index (χ3n) is 5.01. The number of hydrogen-bond donors (Lipinski definition) is 1. The highest BCUT2D eigenvalue weighted by Gasteiger charge is 2.42. The van der Waals surface area contributed by atoms with Crippen LogP contribution in [0.3, 0.4) is 0 Å². The number of aromatic nitrogens is 2. The van der Waals surface area contributed by atoms with Gasteiger partial charge >= 0.3 is 6.18 Å². The monoisotopic (exact) mass is 400 g/mol. The summed E-state index contributed by atoms with van der Waals surface area (Å²) < 4.78 is 40.4. The number of halogens is 4. The van der Waals surface area contributed by atoms with Gasteiger partial charge in [-0.15, -0.1) is 0 Å². The van der Waals surface area contributed by atoms with E-state index in [1.54, 1.807) is 24.3 Å². The normalized spacial score (nSPS) is 20.6. The van der Waals surface area contributed by atoms with Gasteiger partial charge in [0, 0.05) is 30.0 Å². The zero-order valence-electron chi connectivity index (χ0n) is 14.5. The molecule has 0 aliphatic heterocycles. The lowest BCUT2D eigenvalue weighted by molar-refractivity contribution is -0.182. The number of benzene rings is 1. The molecule has 1 aromatic carbocycles. The van der Waals surface area contributed by atoms with Crippen LogP contribution in [0.4, 0.5) is 13.2 Å². The predicted molar refractivity (Wildman–Crippen MR) is 96.4 cm³/mol. The van der Waals surface area contributed by atoms with E-state index in [9.17, 15) is 18.0 Å². The van der Waals surface area contributed by atoms with Gasteiger partial charge in [0.15, 0.2) is 0 Å². The Labute approximate surface area is 159 Å². The molecule has 4 nitrogen and oxygen atoms in total. The number of rotatable bonds is 4. The first-order chi connectivity index (χ1) is 12.8. The lowest BCUT2D eigenvalue weighted by atomic mass is 9.81. The van der Waals surface area contributed by atoms with Gasteiger partial charge in [-0.2, -0.15) is 13.2 Å². The Morgan fingerprint density at radius 2 is 1.78 bits per heavy atom. The molecule has 0 atom stereocenters. The Morgan fingerprint density at radius 3 is 2.33 bits per heavy atom. The summed E-state index contributed by atoms with van der Waals surface area (Å²) in [5.41, 5.74) is 0.699. The van der Waals surface area contributed by atoms with E-state index in [4.69, 9.17) is 16.7 Å². The van der Waals surface area contributed by atoms with Gasteiger partial charge in [-0.05, 0) is 49.9 Å². The van der Waals surface area contributed by atoms with Crippen molar-refractivity contribution in [1.82, 2.24) is 9.55 Å². The van der Waals surface area contributed by atoms with Gasteiger partial charge in [0.1, 0.15) is 5.82 Å². The molecule has 0 saturated heterocycles. The van der Waals surface area contributed by atoms with Gasteiger partial charge < -0.3 is 5.11 Å². The maximum atomic E-state index is 13.0. The summed E-state index contributed by atoms with van der Waals surface area (Å²) >= 11 is 5.92. The Kier molecular flexibility index (Phi) is 5.91. The molecule has 3 rings (SSSR count). The van der Waals surface area contributed by atoms with E-state index in [1.165, 1.54) is 10.6 Å². The first-order valence-corrected chi connectivity index (χ1v) is 9.23. The fourth-order valence-electron chi connectivity index (χ4n) is 3.59. The third kappa shape index (κ3) is 4.52. The highest BCUT2D eigenvalue weighted by Crippen LogP contribution is 2.42. The average molecular weight is 401 g/mol. The number of aliphatic hydroxyl groups excluding tert-OH is 1. The Hall–Kier alpha value is -1.86. The van der Waals surface area contributed by atoms with Crippen molar-refractivity contribution in [1.29, 1.82) is 0 Å². The molecular formula is C19H20ClF3N2O2. The van der Waals surface area contributed by atoms with E-state index in [2.05, 4.69) is 4.98 Å².